The maximum absolute atomic E-state index is 5.60. The quantitative estimate of drug-likeness (QED) is 0.666. The van der Waals surface area contributed by atoms with Gasteiger partial charge in [-0.05, 0) is 18.8 Å². The van der Waals surface area contributed by atoms with E-state index in [1.165, 1.54) is 12.8 Å². The van der Waals surface area contributed by atoms with Gasteiger partial charge in [0.2, 0.25) is 0 Å². The minimum absolute atomic E-state index is 0.729. The van der Waals surface area contributed by atoms with E-state index in [0.29, 0.717) is 0 Å². The van der Waals surface area contributed by atoms with Gasteiger partial charge in [0.1, 0.15) is 0 Å². The van der Waals surface area contributed by atoms with Gasteiger partial charge in [-0.3, -0.25) is 4.90 Å². The van der Waals surface area contributed by atoms with Crippen molar-refractivity contribution < 1.29 is 9.47 Å². The van der Waals surface area contributed by atoms with Crippen LogP contribution < -0.4 is 5.73 Å². The number of nitrogens with two attached hydrogens (primary N) is 1. The molecule has 1 saturated heterocycles. The van der Waals surface area contributed by atoms with Gasteiger partial charge in [-0.15, -0.1) is 0 Å². The fourth-order valence-electron chi connectivity index (χ4n) is 1.99. The summed E-state index contributed by atoms with van der Waals surface area (Å²) in [4.78, 5) is 2.40. The van der Waals surface area contributed by atoms with Gasteiger partial charge in [-0.2, -0.15) is 0 Å². The summed E-state index contributed by atoms with van der Waals surface area (Å²) in [7, 11) is 1.75. The molecule has 0 saturated carbocycles. The van der Waals surface area contributed by atoms with Crippen LogP contribution in [0.5, 0.6) is 0 Å². The second kappa shape index (κ2) is 8.05. The lowest BCUT2D eigenvalue weighted by atomic mass is 10.00. The Morgan fingerprint density at radius 3 is 2.67 bits per heavy atom. The van der Waals surface area contributed by atoms with E-state index < -0.39 is 0 Å². The molecule has 0 aromatic rings. The molecule has 0 aromatic heterocycles. The standard InChI is InChI=1S/C11H24N2O2/c1-14-9-6-13(5-4-12)10-11-2-7-15-8-3-11/h11H,2-10,12H2,1H3. The molecule has 4 heteroatoms. The molecule has 0 aliphatic carbocycles. The van der Waals surface area contributed by atoms with Crippen molar-refractivity contribution in [2.75, 3.05) is 53.1 Å². The van der Waals surface area contributed by atoms with E-state index in [2.05, 4.69) is 4.90 Å². The van der Waals surface area contributed by atoms with Crippen LogP contribution >= 0.6 is 0 Å². The molecular formula is C11H24N2O2. The van der Waals surface area contributed by atoms with Crippen LogP contribution in [0.4, 0.5) is 0 Å². The lowest BCUT2D eigenvalue weighted by Crippen LogP contribution is -2.37. The fourth-order valence-corrected chi connectivity index (χ4v) is 1.99. The van der Waals surface area contributed by atoms with Crippen LogP contribution in [-0.2, 0) is 9.47 Å². The van der Waals surface area contributed by atoms with Crippen molar-refractivity contribution in [3.8, 4) is 0 Å². The lowest BCUT2D eigenvalue weighted by Gasteiger charge is -2.29. The highest BCUT2D eigenvalue weighted by molar-refractivity contribution is 4.69. The normalized spacial score (nSPS) is 18.6. The van der Waals surface area contributed by atoms with E-state index in [1.54, 1.807) is 7.11 Å². The third-order valence-electron chi connectivity index (χ3n) is 2.91. The van der Waals surface area contributed by atoms with Crippen LogP contribution in [0.15, 0.2) is 0 Å². The molecule has 1 aliphatic rings. The van der Waals surface area contributed by atoms with Gasteiger partial charge in [0.25, 0.3) is 0 Å². The monoisotopic (exact) mass is 216 g/mol. The van der Waals surface area contributed by atoms with Gasteiger partial charge in [0.15, 0.2) is 0 Å². The lowest BCUT2D eigenvalue weighted by molar-refractivity contribution is 0.0486. The first-order valence-electron chi connectivity index (χ1n) is 5.86. The van der Waals surface area contributed by atoms with E-state index in [9.17, 15) is 0 Å². The summed E-state index contributed by atoms with van der Waals surface area (Å²) >= 11 is 0. The number of hydrogen-bond donors (Lipinski definition) is 1. The molecule has 1 rings (SSSR count). The molecule has 1 aliphatic heterocycles. The van der Waals surface area contributed by atoms with Crippen LogP contribution in [-0.4, -0.2) is 58.0 Å². The maximum atomic E-state index is 5.60. The molecule has 0 bridgehead atoms. The smallest absolute Gasteiger partial charge is 0.0589 e. The van der Waals surface area contributed by atoms with Crippen LogP contribution in [0.2, 0.25) is 0 Å². The number of ether oxygens (including phenoxy) is 2. The van der Waals surface area contributed by atoms with Crippen LogP contribution in [0, 0.1) is 5.92 Å². The molecule has 0 spiro atoms. The predicted octanol–water partition coefficient (Wildman–Crippen LogP) is 0.320. The summed E-state index contributed by atoms with van der Waals surface area (Å²) in [6, 6.07) is 0. The zero-order chi connectivity index (χ0) is 10.9. The minimum atomic E-state index is 0.729. The Hall–Kier alpha value is -0.160. The van der Waals surface area contributed by atoms with Crippen molar-refractivity contribution >= 4 is 0 Å². The highest BCUT2D eigenvalue weighted by Gasteiger charge is 2.16. The zero-order valence-electron chi connectivity index (χ0n) is 9.78. The van der Waals surface area contributed by atoms with Crippen LogP contribution in [0.1, 0.15) is 12.8 Å². The van der Waals surface area contributed by atoms with Crippen LogP contribution in [0.3, 0.4) is 0 Å². The summed E-state index contributed by atoms with van der Waals surface area (Å²) in [5.41, 5.74) is 5.60. The number of methoxy groups -OCH3 is 1. The average Bonchev–Trinajstić information content (AvgIpc) is 2.28. The molecule has 0 amide bonds. The van der Waals surface area contributed by atoms with Gasteiger partial charge >= 0.3 is 0 Å². The Balaban J connectivity index is 2.21. The van der Waals surface area contributed by atoms with E-state index in [4.69, 9.17) is 15.2 Å². The first-order valence-corrected chi connectivity index (χ1v) is 5.86. The van der Waals surface area contributed by atoms with Crippen molar-refractivity contribution in [1.82, 2.24) is 4.90 Å². The fraction of sp³-hybridized carbons (Fsp3) is 1.00. The van der Waals surface area contributed by atoms with Gasteiger partial charge in [0, 0.05) is 46.5 Å². The molecule has 0 radical (unpaired) electrons. The van der Waals surface area contributed by atoms with Gasteiger partial charge in [-0.1, -0.05) is 0 Å². The molecule has 15 heavy (non-hydrogen) atoms. The SMILES string of the molecule is COCCN(CCN)CC1CCOCC1. The summed E-state index contributed by atoms with van der Waals surface area (Å²) in [6.07, 6.45) is 2.38. The summed E-state index contributed by atoms with van der Waals surface area (Å²) in [6.45, 7) is 6.47. The van der Waals surface area contributed by atoms with Gasteiger partial charge < -0.3 is 15.2 Å². The second-order valence-electron chi connectivity index (χ2n) is 4.14. The predicted molar refractivity (Wildman–Crippen MR) is 60.9 cm³/mol. The number of hydrogen-bond acceptors (Lipinski definition) is 4. The highest BCUT2D eigenvalue weighted by atomic mass is 16.5. The second-order valence-corrected chi connectivity index (χ2v) is 4.14. The highest BCUT2D eigenvalue weighted by Crippen LogP contribution is 2.15. The molecule has 90 valence electrons. The van der Waals surface area contributed by atoms with E-state index in [1.807, 2.05) is 0 Å². The first kappa shape index (κ1) is 12.9. The Labute approximate surface area is 92.7 Å². The molecule has 1 heterocycles. The molecule has 0 aromatic carbocycles. The Morgan fingerprint density at radius 2 is 2.07 bits per heavy atom. The van der Waals surface area contributed by atoms with E-state index in [0.717, 1.165) is 51.9 Å². The first-order chi connectivity index (χ1) is 7.36. The Kier molecular flexibility index (Phi) is 6.92. The topological polar surface area (TPSA) is 47.7 Å². The van der Waals surface area contributed by atoms with Crippen LogP contribution in [0.25, 0.3) is 0 Å². The van der Waals surface area contributed by atoms with Gasteiger partial charge in [-0.25, -0.2) is 0 Å². The molecule has 1 fully saturated rings. The molecule has 4 nitrogen and oxygen atoms in total. The van der Waals surface area contributed by atoms with Crippen molar-refractivity contribution in [3.63, 3.8) is 0 Å². The largest absolute Gasteiger partial charge is 0.383 e. The minimum Gasteiger partial charge on any atom is -0.383 e. The van der Waals surface area contributed by atoms with Crippen molar-refractivity contribution in [2.45, 2.75) is 12.8 Å². The van der Waals surface area contributed by atoms with Crippen molar-refractivity contribution in [2.24, 2.45) is 11.7 Å². The van der Waals surface area contributed by atoms with Gasteiger partial charge in [0.05, 0.1) is 6.61 Å². The van der Waals surface area contributed by atoms with E-state index in [-0.39, 0.29) is 0 Å². The average molecular weight is 216 g/mol. The van der Waals surface area contributed by atoms with Crippen molar-refractivity contribution in [3.05, 3.63) is 0 Å². The number of nitrogens with zero attached hydrogens (tertiary/aromatic N) is 1. The van der Waals surface area contributed by atoms with Crippen molar-refractivity contribution in [1.29, 1.82) is 0 Å². The molecule has 0 atom stereocenters. The molecule has 0 unspecified atom stereocenters. The zero-order valence-corrected chi connectivity index (χ0v) is 9.78. The Morgan fingerprint density at radius 1 is 1.33 bits per heavy atom. The third-order valence-corrected chi connectivity index (χ3v) is 2.91. The number of rotatable bonds is 7. The molecule has 2 N–H and O–H groups in total. The third kappa shape index (κ3) is 5.47. The summed E-state index contributed by atoms with van der Waals surface area (Å²) < 4.78 is 10.5. The maximum Gasteiger partial charge on any atom is 0.0589 e. The summed E-state index contributed by atoms with van der Waals surface area (Å²) in [5, 5.41) is 0. The van der Waals surface area contributed by atoms with E-state index >= 15 is 0 Å². The summed E-state index contributed by atoms with van der Waals surface area (Å²) in [5.74, 6) is 0.780. The molecular weight excluding hydrogens is 192 g/mol. The Bertz CT molecular complexity index is 150.